The van der Waals surface area contributed by atoms with Crippen molar-refractivity contribution >= 4 is 28.2 Å². The van der Waals surface area contributed by atoms with Crippen LogP contribution < -0.4 is 10.9 Å². The number of aromatic amines is 1. The van der Waals surface area contributed by atoms with Crippen molar-refractivity contribution in [3.63, 3.8) is 0 Å². The maximum atomic E-state index is 12.0. The van der Waals surface area contributed by atoms with Crippen LogP contribution in [-0.2, 0) is 4.74 Å². The van der Waals surface area contributed by atoms with E-state index in [1.54, 1.807) is 13.0 Å². The van der Waals surface area contributed by atoms with Crippen LogP contribution in [0.1, 0.15) is 32.6 Å². The van der Waals surface area contributed by atoms with Crippen molar-refractivity contribution in [2.45, 2.75) is 13.8 Å². The quantitative estimate of drug-likeness (QED) is 0.835. The highest BCUT2D eigenvalue weighted by atomic mass is 32.1. The van der Waals surface area contributed by atoms with E-state index < -0.39 is 17.4 Å². The van der Waals surface area contributed by atoms with E-state index in [1.807, 2.05) is 6.92 Å². The zero-order valence-corrected chi connectivity index (χ0v) is 12.2. The molecule has 0 aromatic carbocycles. The molecule has 0 saturated carbocycles. The molecule has 2 aromatic rings. The smallest absolute Gasteiger partial charge is 0.341 e. The largest absolute Gasteiger partial charge is 0.462 e. The van der Waals surface area contributed by atoms with Crippen LogP contribution in [-0.4, -0.2) is 28.5 Å². The fourth-order valence-electron chi connectivity index (χ4n) is 1.60. The molecular weight excluding hydrogens is 294 g/mol. The van der Waals surface area contributed by atoms with Gasteiger partial charge >= 0.3 is 5.97 Å². The van der Waals surface area contributed by atoms with Crippen LogP contribution in [0, 0.1) is 6.92 Å². The second-order valence-electron chi connectivity index (χ2n) is 4.07. The Morgan fingerprint density at radius 1 is 1.48 bits per heavy atom. The van der Waals surface area contributed by atoms with Crippen molar-refractivity contribution < 1.29 is 14.3 Å². The number of H-pyrrole nitrogens is 1. The van der Waals surface area contributed by atoms with E-state index in [4.69, 9.17) is 4.74 Å². The topological polar surface area (TPSA) is 101 Å². The Kier molecular flexibility index (Phi) is 4.49. The molecule has 0 radical (unpaired) electrons. The van der Waals surface area contributed by atoms with Gasteiger partial charge in [-0.3, -0.25) is 9.59 Å². The molecule has 1 amide bonds. The molecule has 7 nitrogen and oxygen atoms in total. The van der Waals surface area contributed by atoms with Crippen LogP contribution in [0.5, 0.6) is 0 Å². The summed E-state index contributed by atoms with van der Waals surface area (Å²) >= 11 is 1.26. The van der Waals surface area contributed by atoms with Crippen molar-refractivity contribution in [1.29, 1.82) is 0 Å². The number of rotatable bonds is 4. The predicted octanol–water partition coefficient (Wildman–Crippen LogP) is 1.57. The Balaban J connectivity index is 2.23. The first-order valence-corrected chi connectivity index (χ1v) is 6.96. The number of nitrogens with zero attached hydrogens (tertiary/aromatic N) is 1. The number of thiophene rings is 1. The molecule has 0 bridgehead atoms. The fourth-order valence-corrected chi connectivity index (χ4v) is 2.50. The highest BCUT2D eigenvalue weighted by Crippen LogP contribution is 2.28. The Bertz CT molecular complexity index is 715. The van der Waals surface area contributed by atoms with Crippen LogP contribution in [0.2, 0.25) is 0 Å². The van der Waals surface area contributed by atoms with E-state index in [2.05, 4.69) is 15.3 Å². The number of esters is 1. The summed E-state index contributed by atoms with van der Waals surface area (Å²) in [7, 11) is 0. The average molecular weight is 307 g/mol. The summed E-state index contributed by atoms with van der Waals surface area (Å²) in [6.07, 6.45) is 2.23. The molecule has 2 N–H and O–H groups in total. The first kappa shape index (κ1) is 14.9. The lowest BCUT2D eigenvalue weighted by Crippen LogP contribution is -2.18. The zero-order valence-electron chi connectivity index (χ0n) is 11.4. The molecule has 0 aliphatic rings. The van der Waals surface area contributed by atoms with Gasteiger partial charge in [0.15, 0.2) is 0 Å². The zero-order chi connectivity index (χ0) is 15.4. The van der Waals surface area contributed by atoms with Gasteiger partial charge in [-0.2, -0.15) is 0 Å². The SMILES string of the molecule is CCOC(=O)c1cc(C)sc1NC(=O)c1c[nH]c(=O)cn1. The van der Waals surface area contributed by atoms with Gasteiger partial charge in [0.05, 0.1) is 18.4 Å². The molecule has 0 aliphatic carbocycles. The number of carbonyl (C=O) groups is 2. The Morgan fingerprint density at radius 3 is 2.86 bits per heavy atom. The van der Waals surface area contributed by atoms with E-state index in [0.717, 1.165) is 11.1 Å². The molecule has 0 saturated heterocycles. The fraction of sp³-hybridized carbons (Fsp3) is 0.231. The van der Waals surface area contributed by atoms with E-state index in [9.17, 15) is 14.4 Å². The third-order valence-electron chi connectivity index (χ3n) is 2.48. The lowest BCUT2D eigenvalue weighted by molar-refractivity contribution is 0.0528. The number of anilines is 1. The van der Waals surface area contributed by atoms with E-state index in [-0.39, 0.29) is 12.3 Å². The molecule has 2 rings (SSSR count). The highest BCUT2D eigenvalue weighted by molar-refractivity contribution is 7.16. The molecule has 2 heterocycles. The Morgan fingerprint density at radius 2 is 2.24 bits per heavy atom. The van der Waals surface area contributed by atoms with Gasteiger partial charge < -0.3 is 15.0 Å². The minimum atomic E-state index is -0.515. The monoisotopic (exact) mass is 307 g/mol. The summed E-state index contributed by atoms with van der Waals surface area (Å²) in [6, 6.07) is 1.65. The number of hydrogen-bond acceptors (Lipinski definition) is 6. The second-order valence-corrected chi connectivity index (χ2v) is 5.33. The summed E-state index contributed by atoms with van der Waals surface area (Å²) in [4.78, 5) is 41.7. The molecule has 2 aromatic heterocycles. The number of aryl methyl sites for hydroxylation is 1. The minimum Gasteiger partial charge on any atom is -0.462 e. The second kappa shape index (κ2) is 6.31. The van der Waals surface area contributed by atoms with Crippen LogP contribution >= 0.6 is 11.3 Å². The predicted molar refractivity (Wildman–Crippen MR) is 77.8 cm³/mol. The number of ether oxygens (including phenoxy) is 1. The van der Waals surface area contributed by atoms with Gasteiger partial charge in [-0.25, -0.2) is 9.78 Å². The molecule has 0 aliphatic heterocycles. The van der Waals surface area contributed by atoms with E-state index in [0.29, 0.717) is 10.6 Å². The molecule has 0 fully saturated rings. The lowest BCUT2D eigenvalue weighted by atomic mass is 10.3. The Hall–Kier alpha value is -2.48. The van der Waals surface area contributed by atoms with Crippen LogP contribution in [0.4, 0.5) is 5.00 Å². The van der Waals surface area contributed by atoms with Crippen LogP contribution in [0.15, 0.2) is 23.3 Å². The number of amides is 1. The maximum absolute atomic E-state index is 12.0. The lowest BCUT2D eigenvalue weighted by Gasteiger charge is -2.05. The summed E-state index contributed by atoms with van der Waals surface area (Å²) in [5, 5.41) is 2.99. The van der Waals surface area contributed by atoms with Crippen molar-refractivity contribution in [3.8, 4) is 0 Å². The third kappa shape index (κ3) is 3.54. The Labute approximate surface area is 124 Å². The number of nitrogens with one attached hydrogen (secondary N) is 2. The standard InChI is InChI=1S/C13H13N3O4S/c1-3-20-13(19)8-4-7(2)21-12(8)16-11(18)9-5-15-10(17)6-14-9/h4-6H,3H2,1-2H3,(H,15,17)(H,16,18). The highest BCUT2D eigenvalue weighted by Gasteiger charge is 2.19. The first-order chi connectivity index (χ1) is 10.0. The van der Waals surface area contributed by atoms with Gasteiger partial charge in [0.1, 0.15) is 10.7 Å². The molecule has 0 spiro atoms. The number of hydrogen-bond donors (Lipinski definition) is 2. The van der Waals surface area contributed by atoms with Crippen molar-refractivity contribution in [1.82, 2.24) is 9.97 Å². The van der Waals surface area contributed by atoms with Crippen molar-refractivity contribution in [2.24, 2.45) is 0 Å². The molecule has 0 unspecified atom stereocenters. The summed E-state index contributed by atoms with van der Waals surface area (Å²) < 4.78 is 4.94. The number of carbonyl (C=O) groups excluding carboxylic acids is 2. The molecular formula is C13H13N3O4S. The van der Waals surface area contributed by atoms with Gasteiger partial charge in [-0.15, -0.1) is 11.3 Å². The summed E-state index contributed by atoms with van der Waals surface area (Å²) in [6.45, 7) is 3.78. The summed E-state index contributed by atoms with van der Waals surface area (Å²) in [5.41, 5.74) is -0.0432. The van der Waals surface area contributed by atoms with E-state index in [1.165, 1.54) is 17.5 Å². The minimum absolute atomic E-state index is 0.0514. The molecule has 0 atom stereocenters. The molecule has 110 valence electrons. The van der Waals surface area contributed by atoms with Gasteiger partial charge in [-0.05, 0) is 19.9 Å². The van der Waals surface area contributed by atoms with Gasteiger partial charge in [-0.1, -0.05) is 0 Å². The van der Waals surface area contributed by atoms with Crippen LogP contribution in [0.25, 0.3) is 0 Å². The van der Waals surface area contributed by atoms with Gasteiger partial charge in [0, 0.05) is 11.1 Å². The first-order valence-electron chi connectivity index (χ1n) is 6.15. The molecule has 8 heteroatoms. The normalized spacial score (nSPS) is 10.2. The van der Waals surface area contributed by atoms with Crippen LogP contribution in [0.3, 0.4) is 0 Å². The number of aromatic nitrogens is 2. The maximum Gasteiger partial charge on any atom is 0.341 e. The van der Waals surface area contributed by atoms with Gasteiger partial charge in [0.25, 0.3) is 11.5 Å². The third-order valence-corrected chi connectivity index (χ3v) is 3.45. The van der Waals surface area contributed by atoms with Crippen molar-refractivity contribution in [3.05, 3.63) is 44.9 Å². The van der Waals surface area contributed by atoms with Crippen molar-refractivity contribution in [2.75, 3.05) is 11.9 Å². The van der Waals surface area contributed by atoms with E-state index >= 15 is 0 Å². The average Bonchev–Trinajstić information content (AvgIpc) is 2.80. The van der Waals surface area contributed by atoms with Gasteiger partial charge in [0.2, 0.25) is 0 Å². The summed E-state index contributed by atoms with van der Waals surface area (Å²) in [5.74, 6) is -1.01. The molecule has 21 heavy (non-hydrogen) atoms.